The Hall–Kier alpha value is -0.630. The van der Waals surface area contributed by atoms with Gasteiger partial charge in [0.25, 0.3) is 0 Å². The van der Waals surface area contributed by atoms with Crippen molar-refractivity contribution in [2.45, 2.75) is 30.2 Å². The highest BCUT2D eigenvalue weighted by Gasteiger charge is 2.36. The monoisotopic (exact) mass is 351 g/mol. The van der Waals surface area contributed by atoms with Crippen LogP contribution in [0.1, 0.15) is 17.5 Å². The van der Waals surface area contributed by atoms with Crippen molar-refractivity contribution in [3.05, 3.63) is 29.3 Å². The second-order valence-electron chi connectivity index (χ2n) is 5.31. The van der Waals surface area contributed by atoms with Gasteiger partial charge in [0.1, 0.15) is 0 Å². The van der Waals surface area contributed by atoms with Crippen LogP contribution in [0.3, 0.4) is 0 Å². The topological polar surface area (TPSA) is 71.5 Å². The van der Waals surface area contributed by atoms with Gasteiger partial charge in [-0.25, -0.2) is 16.8 Å². The molecule has 0 spiro atoms. The average molecular weight is 352 g/mol. The van der Waals surface area contributed by atoms with Crippen LogP contribution in [0.4, 0.5) is 0 Å². The number of aryl methyl sites for hydroxylation is 1. The lowest BCUT2D eigenvalue weighted by Gasteiger charge is -2.24. The van der Waals surface area contributed by atoms with Crippen LogP contribution in [0, 0.1) is 6.92 Å². The van der Waals surface area contributed by atoms with Crippen LogP contribution in [0.25, 0.3) is 0 Å². The molecule has 0 saturated carbocycles. The molecule has 1 saturated heterocycles. The minimum absolute atomic E-state index is 0.0399. The molecule has 1 heterocycles. The maximum absolute atomic E-state index is 12.7. The second kappa shape index (κ2) is 5.87. The maximum Gasteiger partial charge on any atom is 0.243 e. The summed E-state index contributed by atoms with van der Waals surface area (Å²) < 4.78 is 49.7. The van der Waals surface area contributed by atoms with E-state index in [2.05, 4.69) is 0 Å². The molecule has 5 nitrogen and oxygen atoms in total. The highest BCUT2D eigenvalue weighted by molar-refractivity contribution is 7.92. The van der Waals surface area contributed by atoms with Crippen molar-refractivity contribution in [2.75, 3.05) is 18.6 Å². The predicted octanol–water partition coefficient (Wildman–Crippen LogP) is 1.54. The Morgan fingerprint density at radius 1 is 1.38 bits per heavy atom. The number of alkyl halides is 1. The summed E-state index contributed by atoms with van der Waals surface area (Å²) in [6.45, 7) is 1.71. The van der Waals surface area contributed by atoms with E-state index in [9.17, 15) is 16.8 Å². The van der Waals surface area contributed by atoms with Crippen molar-refractivity contribution < 1.29 is 16.8 Å². The summed E-state index contributed by atoms with van der Waals surface area (Å²) in [5.41, 5.74) is 1.34. The molecule has 1 aromatic carbocycles. The summed E-state index contributed by atoms with van der Waals surface area (Å²) in [6.07, 6.45) is 0.340. The van der Waals surface area contributed by atoms with E-state index >= 15 is 0 Å². The van der Waals surface area contributed by atoms with E-state index in [4.69, 9.17) is 11.6 Å². The number of halogens is 1. The Morgan fingerprint density at radius 3 is 2.57 bits per heavy atom. The van der Waals surface area contributed by atoms with Crippen molar-refractivity contribution in [3.63, 3.8) is 0 Å². The zero-order chi connectivity index (χ0) is 15.8. The summed E-state index contributed by atoms with van der Waals surface area (Å²) in [7, 11) is -5.42. The highest BCUT2D eigenvalue weighted by Crippen LogP contribution is 2.26. The smallest absolute Gasteiger partial charge is 0.229 e. The number of rotatable bonds is 4. The fraction of sp³-hybridized carbons (Fsp3) is 0.538. The zero-order valence-corrected chi connectivity index (χ0v) is 14.3. The molecule has 1 aromatic rings. The molecular formula is C13H18ClNO4S2. The van der Waals surface area contributed by atoms with E-state index in [1.165, 1.54) is 11.4 Å². The van der Waals surface area contributed by atoms with Gasteiger partial charge in [0, 0.05) is 19.0 Å². The Balaban J connectivity index is 2.38. The van der Waals surface area contributed by atoms with Crippen LogP contribution in [0.15, 0.2) is 23.1 Å². The molecule has 1 fully saturated rings. The first kappa shape index (κ1) is 16.7. The van der Waals surface area contributed by atoms with Gasteiger partial charge in [0.05, 0.1) is 16.4 Å². The molecule has 0 radical (unpaired) electrons. The second-order valence-corrected chi connectivity index (χ2v) is 9.77. The van der Waals surface area contributed by atoms with E-state index in [1.54, 1.807) is 25.1 Å². The molecule has 1 unspecified atom stereocenters. The molecular weight excluding hydrogens is 334 g/mol. The summed E-state index contributed by atoms with van der Waals surface area (Å²) in [5.74, 6) is 0.152. The molecule has 118 valence electrons. The Kier molecular flexibility index (Phi) is 4.68. The van der Waals surface area contributed by atoms with Gasteiger partial charge in [-0.05, 0) is 30.5 Å². The summed E-state index contributed by atoms with van der Waals surface area (Å²) in [5, 5.41) is 0. The van der Waals surface area contributed by atoms with Gasteiger partial charge in [0.2, 0.25) is 10.0 Å². The number of benzene rings is 1. The predicted molar refractivity (Wildman–Crippen MR) is 82.7 cm³/mol. The number of nitrogens with zero attached hydrogens (tertiary/aromatic N) is 1. The van der Waals surface area contributed by atoms with Gasteiger partial charge in [-0.3, -0.25) is 0 Å². The first-order valence-corrected chi connectivity index (χ1v) is 10.3. The summed E-state index contributed by atoms with van der Waals surface area (Å²) in [4.78, 5) is 0.187. The quantitative estimate of drug-likeness (QED) is 0.771. The Bertz CT molecular complexity index is 743. The standard InChI is InChI=1S/C13H18ClNO4S2/c1-10-3-4-11(8-14)7-13(10)21(18,19)15(2)12-5-6-20(16,17)9-12/h3-4,7,12H,5-6,8-9H2,1-2H3. The molecule has 21 heavy (non-hydrogen) atoms. The number of sulfonamides is 1. The average Bonchev–Trinajstić information content (AvgIpc) is 2.78. The number of hydrogen-bond donors (Lipinski definition) is 0. The SMILES string of the molecule is Cc1ccc(CCl)cc1S(=O)(=O)N(C)C1CCS(=O)(=O)C1. The third-order valence-electron chi connectivity index (χ3n) is 3.79. The van der Waals surface area contributed by atoms with Gasteiger partial charge < -0.3 is 0 Å². The van der Waals surface area contributed by atoms with Crippen LogP contribution < -0.4 is 0 Å². The van der Waals surface area contributed by atoms with Gasteiger partial charge >= 0.3 is 0 Å². The lowest BCUT2D eigenvalue weighted by Crippen LogP contribution is -2.38. The molecule has 0 N–H and O–H groups in total. The minimum atomic E-state index is -3.73. The molecule has 0 aliphatic carbocycles. The normalized spacial score (nSPS) is 21.8. The van der Waals surface area contributed by atoms with Crippen LogP contribution in [0.5, 0.6) is 0 Å². The molecule has 2 rings (SSSR count). The van der Waals surface area contributed by atoms with E-state index < -0.39 is 25.9 Å². The molecule has 8 heteroatoms. The largest absolute Gasteiger partial charge is 0.243 e. The summed E-state index contributed by atoms with van der Waals surface area (Å²) >= 11 is 5.76. The first-order valence-electron chi connectivity index (χ1n) is 6.51. The first-order chi connectivity index (χ1) is 9.67. The van der Waals surface area contributed by atoms with Crippen LogP contribution in [-0.2, 0) is 25.7 Å². The zero-order valence-electron chi connectivity index (χ0n) is 11.9. The highest BCUT2D eigenvalue weighted by atomic mass is 35.5. The van der Waals surface area contributed by atoms with E-state index in [0.717, 1.165) is 0 Å². The summed E-state index contributed by atoms with van der Waals surface area (Å²) in [6, 6.07) is 4.54. The van der Waals surface area contributed by atoms with Crippen molar-refractivity contribution in [3.8, 4) is 0 Å². The third-order valence-corrected chi connectivity index (χ3v) is 7.90. The van der Waals surface area contributed by atoms with E-state index in [1.807, 2.05) is 0 Å². The number of sulfone groups is 1. The maximum atomic E-state index is 12.7. The number of hydrogen-bond acceptors (Lipinski definition) is 4. The van der Waals surface area contributed by atoms with E-state index in [-0.39, 0.29) is 22.3 Å². The van der Waals surface area contributed by atoms with Crippen LogP contribution in [-0.4, -0.2) is 45.7 Å². The van der Waals surface area contributed by atoms with Crippen molar-refractivity contribution in [1.82, 2.24) is 4.31 Å². The molecule has 0 aromatic heterocycles. The molecule has 0 bridgehead atoms. The van der Waals surface area contributed by atoms with E-state index in [0.29, 0.717) is 17.5 Å². The van der Waals surface area contributed by atoms with Gasteiger partial charge in [-0.15, -0.1) is 11.6 Å². The van der Waals surface area contributed by atoms with Gasteiger partial charge in [0.15, 0.2) is 9.84 Å². The van der Waals surface area contributed by atoms with Crippen molar-refractivity contribution in [2.24, 2.45) is 0 Å². The fourth-order valence-electron chi connectivity index (χ4n) is 2.42. The van der Waals surface area contributed by atoms with Gasteiger partial charge in [-0.1, -0.05) is 12.1 Å². The third kappa shape index (κ3) is 3.41. The molecule has 0 amide bonds. The van der Waals surface area contributed by atoms with Crippen LogP contribution in [0.2, 0.25) is 0 Å². The van der Waals surface area contributed by atoms with Crippen molar-refractivity contribution >= 4 is 31.5 Å². The Morgan fingerprint density at radius 2 is 2.05 bits per heavy atom. The van der Waals surface area contributed by atoms with Crippen LogP contribution >= 0.6 is 11.6 Å². The molecule has 1 aliphatic heterocycles. The van der Waals surface area contributed by atoms with Gasteiger partial charge in [-0.2, -0.15) is 4.31 Å². The van der Waals surface area contributed by atoms with Crippen molar-refractivity contribution in [1.29, 1.82) is 0 Å². The minimum Gasteiger partial charge on any atom is -0.229 e. The Labute approximate surface area is 130 Å². The fourth-order valence-corrected chi connectivity index (χ4v) is 6.11. The molecule has 1 atom stereocenters. The lowest BCUT2D eigenvalue weighted by atomic mass is 10.2. The lowest BCUT2D eigenvalue weighted by molar-refractivity contribution is 0.393. The molecule has 1 aliphatic rings.